The second-order valence-corrected chi connectivity index (χ2v) is 4.85. The summed E-state index contributed by atoms with van der Waals surface area (Å²) in [5.74, 6) is 1.48. The van der Waals surface area contributed by atoms with E-state index in [0.29, 0.717) is 10.9 Å². The monoisotopic (exact) mass is 232 g/mol. The van der Waals surface area contributed by atoms with Crippen LogP contribution >= 0.6 is 11.6 Å². The molecule has 0 bridgehead atoms. The van der Waals surface area contributed by atoms with Crippen LogP contribution in [0.2, 0.25) is 5.15 Å². The topological polar surface area (TPSA) is 42.0 Å². The first-order valence-corrected chi connectivity index (χ1v) is 6.45. The Kier molecular flexibility index (Phi) is 4.90. The molecule has 0 aliphatic rings. The van der Waals surface area contributed by atoms with Gasteiger partial charge in [0.1, 0.15) is 11.0 Å². The van der Waals surface area contributed by atoms with Crippen molar-refractivity contribution in [1.29, 1.82) is 0 Å². The fourth-order valence-electron chi connectivity index (χ4n) is 0.999. The molecule has 0 radical (unpaired) electrons. The maximum absolute atomic E-state index is 10.8. The van der Waals surface area contributed by atoms with Crippen molar-refractivity contribution in [1.82, 2.24) is 4.98 Å². The molecular weight excluding hydrogens is 220 g/mol. The van der Waals surface area contributed by atoms with Gasteiger partial charge in [0.05, 0.1) is 0 Å². The van der Waals surface area contributed by atoms with Crippen LogP contribution in [0.15, 0.2) is 18.2 Å². The normalized spacial score (nSPS) is 12.4. The minimum absolute atomic E-state index is 0.481. The maximum Gasteiger partial charge on any atom is 0.131 e. The first-order valence-electron chi connectivity index (χ1n) is 4.35. The van der Waals surface area contributed by atoms with Crippen LogP contribution < -0.4 is 5.32 Å². The Balaban J connectivity index is 2.28. The lowest BCUT2D eigenvalue weighted by atomic mass is 10.4. The molecule has 0 aliphatic carbocycles. The van der Waals surface area contributed by atoms with Gasteiger partial charge in [0.25, 0.3) is 0 Å². The van der Waals surface area contributed by atoms with E-state index < -0.39 is 10.8 Å². The zero-order valence-electron chi connectivity index (χ0n) is 8.00. The summed E-state index contributed by atoms with van der Waals surface area (Å²) in [5, 5.41) is 3.59. The number of nitrogens with zero attached hydrogens (tertiary/aromatic N) is 1. The highest BCUT2D eigenvalue weighted by molar-refractivity contribution is 7.84. The van der Waals surface area contributed by atoms with E-state index >= 15 is 0 Å². The van der Waals surface area contributed by atoms with E-state index in [0.717, 1.165) is 18.8 Å². The van der Waals surface area contributed by atoms with Gasteiger partial charge >= 0.3 is 0 Å². The highest BCUT2D eigenvalue weighted by atomic mass is 35.5. The Hall–Kier alpha value is -0.610. The fraction of sp³-hybridized carbons (Fsp3) is 0.444. The molecule has 0 spiro atoms. The molecule has 1 aromatic heterocycles. The van der Waals surface area contributed by atoms with Crippen LogP contribution in [0.5, 0.6) is 0 Å². The molecule has 1 unspecified atom stereocenters. The third-order valence-electron chi connectivity index (χ3n) is 1.63. The molecule has 0 saturated heterocycles. The Bertz CT molecular complexity index is 319. The molecule has 1 aromatic rings. The average Bonchev–Trinajstić information content (AvgIpc) is 2.12. The molecule has 1 rings (SSSR count). The lowest BCUT2D eigenvalue weighted by molar-refractivity contribution is 0.685. The maximum atomic E-state index is 10.8. The second kappa shape index (κ2) is 5.98. The number of hydrogen-bond acceptors (Lipinski definition) is 3. The average molecular weight is 233 g/mol. The van der Waals surface area contributed by atoms with Crippen molar-refractivity contribution in [3.63, 3.8) is 0 Å². The van der Waals surface area contributed by atoms with Crippen molar-refractivity contribution in [2.24, 2.45) is 0 Å². The SMILES string of the molecule is CS(=O)CCCNc1cccc(Cl)n1. The van der Waals surface area contributed by atoms with E-state index in [1.807, 2.05) is 12.1 Å². The van der Waals surface area contributed by atoms with Crippen molar-refractivity contribution in [2.45, 2.75) is 6.42 Å². The van der Waals surface area contributed by atoms with Crippen LogP contribution in [0, 0.1) is 0 Å². The van der Waals surface area contributed by atoms with Crippen LogP contribution in [0.25, 0.3) is 0 Å². The highest BCUT2D eigenvalue weighted by Gasteiger charge is 1.95. The zero-order chi connectivity index (χ0) is 10.4. The number of halogens is 1. The number of aromatic nitrogens is 1. The molecule has 3 nitrogen and oxygen atoms in total. The molecule has 0 amide bonds. The van der Waals surface area contributed by atoms with E-state index in [1.54, 1.807) is 12.3 Å². The van der Waals surface area contributed by atoms with E-state index in [-0.39, 0.29) is 0 Å². The number of rotatable bonds is 5. The zero-order valence-corrected chi connectivity index (χ0v) is 9.57. The summed E-state index contributed by atoms with van der Waals surface area (Å²) >= 11 is 5.71. The molecule has 0 aliphatic heterocycles. The van der Waals surface area contributed by atoms with E-state index in [4.69, 9.17) is 11.6 Å². The highest BCUT2D eigenvalue weighted by Crippen LogP contribution is 2.08. The third kappa shape index (κ3) is 4.58. The molecule has 0 saturated carbocycles. The van der Waals surface area contributed by atoms with Crippen LogP contribution in [-0.2, 0) is 10.8 Å². The summed E-state index contributed by atoms with van der Waals surface area (Å²) in [6, 6.07) is 5.43. The van der Waals surface area contributed by atoms with Crippen molar-refractivity contribution in [2.75, 3.05) is 23.9 Å². The Morgan fingerprint density at radius 3 is 3.00 bits per heavy atom. The van der Waals surface area contributed by atoms with Gasteiger partial charge in [0.15, 0.2) is 0 Å². The summed E-state index contributed by atoms with van der Waals surface area (Å²) in [6.07, 6.45) is 2.58. The third-order valence-corrected chi connectivity index (χ3v) is 2.70. The lowest BCUT2D eigenvalue weighted by Gasteiger charge is -2.04. The Labute approximate surface area is 91.3 Å². The van der Waals surface area contributed by atoms with Gasteiger partial charge in [-0.25, -0.2) is 4.98 Å². The van der Waals surface area contributed by atoms with Crippen molar-refractivity contribution < 1.29 is 4.21 Å². The largest absolute Gasteiger partial charge is 0.370 e. The quantitative estimate of drug-likeness (QED) is 0.623. The number of anilines is 1. The van der Waals surface area contributed by atoms with Crippen molar-refractivity contribution >= 4 is 28.2 Å². The van der Waals surface area contributed by atoms with Crippen LogP contribution in [0.1, 0.15) is 6.42 Å². The first-order chi connectivity index (χ1) is 6.68. The predicted molar refractivity (Wildman–Crippen MR) is 61.3 cm³/mol. The Morgan fingerprint density at radius 2 is 2.36 bits per heavy atom. The predicted octanol–water partition coefficient (Wildman–Crippen LogP) is 1.92. The molecule has 1 heterocycles. The summed E-state index contributed by atoms with van der Waals surface area (Å²) in [4.78, 5) is 4.07. The van der Waals surface area contributed by atoms with E-state index in [9.17, 15) is 4.21 Å². The number of nitrogens with one attached hydrogen (secondary N) is 1. The van der Waals surface area contributed by atoms with Gasteiger partial charge in [0.2, 0.25) is 0 Å². The van der Waals surface area contributed by atoms with Gasteiger partial charge in [0, 0.05) is 29.4 Å². The summed E-state index contributed by atoms with van der Waals surface area (Å²) in [5.41, 5.74) is 0. The van der Waals surface area contributed by atoms with Crippen molar-refractivity contribution in [3.05, 3.63) is 23.4 Å². The molecule has 78 valence electrons. The van der Waals surface area contributed by atoms with Crippen molar-refractivity contribution in [3.8, 4) is 0 Å². The lowest BCUT2D eigenvalue weighted by Crippen LogP contribution is -2.07. The standard InChI is InChI=1S/C9H13ClN2OS/c1-14(13)7-3-6-11-9-5-2-4-8(10)12-9/h2,4-5H,3,6-7H2,1H3,(H,11,12). The van der Waals surface area contributed by atoms with Gasteiger partial charge < -0.3 is 5.32 Å². The molecule has 0 fully saturated rings. The molecule has 1 N–H and O–H groups in total. The van der Waals surface area contributed by atoms with E-state index in [1.165, 1.54) is 0 Å². The molecular formula is C9H13ClN2OS. The number of pyridine rings is 1. The molecule has 14 heavy (non-hydrogen) atoms. The van der Waals surface area contributed by atoms with Crippen LogP contribution in [0.3, 0.4) is 0 Å². The first kappa shape index (κ1) is 11.5. The number of hydrogen-bond donors (Lipinski definition) is 1. The summed E-state index contributed by atoms with van der Waals surface area (Å²) in [7, 11) is -0.714. The smallest absolute Gasteiger partial charge is 0.131 e. The Morgan fingerprint density at radius 1 is 1.57 bits per heavy atom. The summed E-state index contributed by atoms with van der Waals surface area (Å²) in [6.45, 7) is 0.771. The van der Waals surface area contributed by atoms with Crippen LogP contribution in [-0.4, -0.2) is 27.7 Å². The molecule has 0 aromatic carbocycles. The second-order valence-electron chi connectivity index (χ2n) is 2.90. The molecule has 1 atom stereocenters. The summed E-state index contributed by atoms with van der Waals surface area (Å²) < 4.78 is 10.8. The van der Waals surface area contributed by atoms with Gasteiger partial charge in [-0.05, 0) is 18.6 Å². The van der Waals surface area contributed by atoms with Gasteiger partial charge in [-0.1, -0.05) is 17.7 Å². The minimum atomic E-state index is -0.714. The van der Waals surface area contributed by atoms with E-state index in [2.05, 4.69) is 10.3 Å². The fourth-order valence-corrected chi connectivity index (χ4v) is 1.71. The van der Waals surface area contributed by atoms with Gasteiger partial charge in [-0.3, -0.25) is 4.21 Å². The van der Waals surface area contributed by atoms with Gasteiger partial charge in [-0.15, -0.1) is 0 Å². The molecule has 5 heteroatoms. The van der Waals surface area contributed by atoms with Gasteiger partial charge in [-0.2, -0.15) is 0 Å². The minimum Gasteiger partial charge on any atom is -0.370 e. The van der Waals surface area contributed by atoms with Crippen LogP contribution in [0.4, 0.5) is 5.82 Å².